The van der Waals surface area contributed by atoms with Gasteiger partial charge in [-0.1, -0.05) is 25.7 Å². The molecule has 0 amide bonds. The van der Waals surface area contributed by atoms with Crippen LogP contribution in [-0.2, 0) is 0 Å². The Balaban J connectivity index is 1.70. The van der Waals surface area contributed by atoms with Crippen LogP contribution in [0, 0.1) is 5.92 Å². The quantitative estimate of drug-likeness (QED) is 0.723. The summed E-state index contributed by atoms with van der Waals surface area (Å²) in [6.07, 6.45) is 8.72. The highest BCUT2D eigenvalue weighted by molar-refractivity contribution is 4.85. The average Bonchev–Trinajstić information content (AvgIpc) is 2.93. The molecule has 0 saturated heterocycles. The van der Waals surface area contributed by atoms with E-state index in [4.69, 9.17) is 0 Å². The molecule has 0 radical (unpaired) electrons. The van der Waals surface area contributed by atoms with Gasteiger partial charge >= 0.3 is 0 Å². The molecule has 3 atom stereocenters. The van der Waals surface area contributed by atoms with Gasteiger partial charge in [-0.15, -0.1) is 0 Å². The molecule has 0 aromatic carbocycles. The summed E-state index contributed by atoms with van der Waals surface area (Å²) in [4.78, 5) is 0. The van der Waals surface area contributed by atoms with E-state index in [1.165, 1.54) is 32.1 Å². The van der Waals surface area contributed by atoms with Gasteiger partial charge in [0.05, 0.1) is 6.10 Å². The zero-order valence-electron chi connectivity index (χ0n) is 9.21. The predicted octanol–water partition coefficient (Wildman–Crippen LogP) is 2.07. The fraction of sp³-hybridized carbons (Fsp3) is 1.00. The molecular weight excluding hydrogens is 174 g/mol. The molecule has 0 bridgehead atoms. The van der Waals surface area contributed by atoms with Gasteiger partial charge in [0.2, 0.25) is 0 Å². The van der Waals surface area contributed by atoms with E-state index >= 15 is 0 Å². The van der Waals surface area contributed by atoms with E-state index < -0.39 is 0 Å². The third-order valence-corrected chi connectivity index (χ3v) is 3.61. The molecule has 2 rings (SSSR count). The van der Waals surface area contributed by atoms with Gasteiger partial charge < -0.3 is 10.4 Å². The fourth-order valence-electron chi connectivity index (χ4n) is 2.59. The molecule has 2 aliphatic carbocycles. The van der Waals surface area contributed by atoms with Crippen LogP contribution in [0.1, 0.15) is 51.9 Å². The molecule has 0 aromatic rings. The normalized spacial score (nSPS) is 35.6. The molecule has 2 heteroatoms. The number of rotatable bonds is 4. The van der Waals surface area contributed by atoms with Crippen molar-refractivity contribution in [3.63, 3.8) is 0 Å². The summed E-state index contributed by atoms with van der Waals surface area (Å²) in [6, 6.07) is 0.970. The Labute approximate surface area is 87.1 Å². The minimum absolute atomic E-state index is 0.0922. The topological polar surface area (TPSA) is 32.3 Å². The van der Waals surface area contributed by atoms with Crippen molar-refractivity contribution in [3.05, 3.63) is 0 Å². The standard InChI is InChI=1S/C12H23NO/c1-9(8-10-6-7-10)13-11-4-2-3-5-12(11)14/h9-14H,2-8H2,1H3/t9?,11-,12-/m0/s1. The molecule has 1 unspecified atom stereocenters. The lowest BCUT2D eigenvalue weighted by atomic mass is 9.92. The predicted molar refractivity (Wildman–Crippen MR) is 58.2 cm³/mol. The van der Waals surface area contributed by atoms with Crippen molar-refractivity contribution in [1.29, 1.82) is 0 Å². The van der Waals surface area contributed by atoms with Crippen LogP contribution in [0.3, 0.4) is 0 Å². The van der Waals surface area contributed by atoms with Gasteiger partial charge in [-0.3, -0.25) is 0 Å². The van der Waals surface area contributed by atoms with E-state index in [1.807, 2.05) is 0 Å². The van der Waals surface area contributed by atoms with Gasteiger partial charge in [0.25, 0.3) is 0 Å². The first-order valence-electron chi connectivity index (χ1n) is 6.20. The Hall–Kier alpha value is -0.0800. The first-order valence-corrected chi connectivity index (χ1v) is 6.20. The van der Waals surface area contributed by atoms with Crippen LogP contribution in [0.2, 0.25) is 0 Å². The SMILES string of the molecule is CC(CC1CC1)N[C@H]1CCCC[C@@H]1O. The number of aliphatic hydroxyl groups excluding tert-OH is 1. The minimum atomic E-state index is -0.0922. The van der Waals surface area contributed by atoms with Crippen molar-refractivity contribution >= 4 is 0 Å². The highest BCUT2D eigenvalue weighted by Crippen LogP contribution is 2.33. The van der Waals surface area contributed by atoms with Gasteiger partial charge in [0, 0.05) is 12.1 Å². The second kappa shape index (κ2) is 4.63. The van der Waals surface area contributed by atoms with Crippen LogP contribution in [0.4, 0.5) is 0 Å². The first kappa shape index (κ1) is 10.4. The second-order valence-electron chi connectivity index (χ2n) is 5.21. The molecule has 2 saturated carbocycles. The highest BCUT2D eigenvalue weighted by Gasteiger charge is 2.27. The summed E-state index contributed by atoms with van der Waals surface area (Å²) in [7, 11) is 0. The number of hydrogen-bond donors (Lipinski definition) is 2. The van der Waals surface area contributed by atoms with E-state index in [0.717, 1.165) is 18.8 Å². The Morgan fingerprint density at radius 2 is 1.93 bits per heavy atom. The van der Waals surface area contributed by atoms with Crippen molar-refractivity contribution in [2.24, 2.45) is 5.92 Å². The van der Waals surface area contributed by atoms with Crippen molar-refractivity contribution in [3.8, 4) is 0 Å². The minimum Gasteiger partial charge on any atom is -0.392 e. The molecular formula is C12H23NO. The van der Waals surface area contributed by atoms with Crippen LogP contribution in [-0.4, -0.2) is 23.3 Å². The summed E-state index contributed by atoms with van der Waals surface area (Å²) in [5.74, 6) is 0.984. The second-order valence-corrected chi connectivity index (χ2v) is 5.21. The molecule has 0 aliphatic heterocycles. The van der Waals surface area contributed by atoms with Crippen LogP contribution < -0.4 is 5.32 Å². The van der Waals surface area contributed by atoms with Crippen LogP contribution in [0.15, 0.2) is 0 Å². The van der Waals surface area contributed by atoms with Crippen molar-refractivity contribution < 1.29 is 5.11 Å². The molecule has 0 spiro atoms. The van der Waals surface area contributed by atoms with E-state index in [-0.39, 0.29) is 6.10 Å². The number of aliphatic hydroxyl groups is 1. The molecule has 0 heterocycles. The lowest BCUT2D eigenvalue weighted by molar-refractivity contribution is 0.0850. The molecule has 2 N–H and O–H groups in total. The van der Waals surface area contributed by atoms with Crippen molar-refractivity contribution in [1.82, 2.24) is 5.32 Å². The summed E-state index contributed by atoms with van der Waals surface area (Å²) < 4.78 is 0. The summed E-state index contributed by atoms with van der Waals surface area (Å²) in [5, 5.41) is 13.4. The summed E-state index contributed by atoms with van der Waals surface area (Å²) in [5.41, 5.74) is 0. The largest absolute Gasteiger partial charge is 0.392 e. The maximum absolute atomic E-state index is 9.81. The van der Waals surface area contributed by atoms with E-state index in [1.54, 1.807) is 0 Å². The lowest BCUT2D eigenvalue weighted by Crippen LogP contribution is -2.46. The Bertz CT molecular complexity index is 179. The highest BCUT2D eigenvalue weighted by atomic mass is 16.3. The van der Waals surface area contributed by atoms with E-state index in [0.29, 0.717) is 12.1 Å². The molecule has 2 nitrogen and oxygen atoms in total. The summed E-state index contributed by atoms with van der Waals surface area (Å²) in [6.45, 7) is 2.26. The summed E-state index contributed by atoms with van der Waals surface area (Å²) >= 11 is 0. The maximum Gasteiger partial charge on any atom is 0.0693 e. The maximum atomic E-state index is 9.81. The Morgan fingerprint density at radius 3 is 2.57 bits per heavy atom. The Morgan fingerprint density at radius 1 is 1.21 bits per heavy atom. The van der Waals surface area contributed by atoms with Crippen molar-refractivity contribution in [2.75, 3.05) is 0 Å². The van der Waals surface area contributed by atoms with Crippen LogP contribution in [0.5, 0.6) is 0 Å². The molecule has 2 aliphatic rings. The monoisotopic (exact) mass is 197 g/mol. The zero-order chi connectivity index (χ0) is 9.97. The number of nitrogens with one attached hydrogen (secondary N) is 1. The van der Waals surface area contributed by atoms with Gasteiger partial charge in [0.1, 0.15) is 0 Å². The first-order chi connectivity index (χ1) is 6.75. The number of hydrogen-bond acceptors (Lipinski definition) is 2. The molecule has 14 heavy (non-hydrogen) atoms. The van der Waals surface area contributed by atoms with Gasteiger partial charge in [0.15, 0.2) is 0 Å². The van der Waals surface area contributed by atoms with E-state index in [2.05, 4.69) is 12.2 Å². The van der Waals surface area contributed by atoms with Crippen molar-refractivity contribution in [2.45, 2.75) is 70.1 Å². The molecule has 2 fully saturated rings. The Kier molecular flexibility index (Phi) is 3.45. The molecule has 0 aromatic heterocycles. The van der Waals surface area contributed by atoms with E-state index in [9.17, 15) is 5.11 Å². The fourth-order valence-corrected chi connectivity index (χ4v) is 2.59. The van der Waals surface area contributed by atoms with Gasteiger partial charge in [-0.05, 0) is 32.1 Å². The lowest BCUT2D eigenvalue weighted by Gasteiger charge is -2.31. The molecule has 82 valence electrons. The third-order valence-electron chi connectivity index (χ3n) is 3.61. The average molecular weight is 197 g/mol. The zero-order valence-corrected chi connectivity index (χ0v) is 9.21. The smallest absolute Gasteiger partial charge is 0.0693 e. The van der Waals surface area contributed by atoms with Gasteiger partial charge in [-0.25, -0.2) is 0 Å². The van der Waals surface area contributed by atoms with Crippen LogP contribution >= 0.6 is 0 Å². The third kappa shape index (κ3) is 2.96. The van der Waals surface area contributed by atoms with Gasteiger partial charge in [-0.2, -0.15) is 0 Å². The van der Waals surface area contributed by atoms with Crippen LogP contribution in [0.25, 0.3) is 0 Å².